The number of thiophene rings is 1. The average Bonchev–Trinajstić information content (AvgIpc) is 3.11. The van der Waals surface area contributed by atoms with Crippen LogP contribution in [0.5, 0.6) is 5.75 Å². The molecule has 5 rings (SSSR count). The van der Waals surface area contributed by atoms with E-state index in [1.807, 2.05) is 24.3 Å². The third kappa shape index (κ3) is 3.55. The molecule has 0 radical (unpaired) electrons. The lowest BCUT2D eigenvalue weighted by Gasteiger charge is -2.25. The molecule has 3 aromatic rings. The first-order valence-electron chi connectivity index (χ1n) is 10.1. The molecule has 0 fully saturated rings. The lowest BCUT2D eigenvalue weighted by Crippen LogP contribution is -2.23. The predicted molar refractivity (Wildman–Crippen MR) is 113 cm³/mol. The van der Waals surface area contributed by atoms with Gasteiger partial charge in [0.05, 0.1) is 5.00 Å². The zero-order valence-corrected chi connectivity index (χ0v) is 16.9. The van der Waals surface area contributed by atoms with Crippen molar-refractivity contribution in [3.8, 4) is 5.75 Å². The van der Waals surface area contributed by atoms with Crippen LogP contribution in [0.15, 0.2) is 48.5 Å². The number of nitrogens with one attached hydrogen (secondary N) is 1. The van der Waals surface area contributed by atoms with E-state index in [9.17, 15) is 9.18 Å². The minimum Gasteiger partial charge on any atom is -0.489 e. The van der Waals surface area contributed by atoms with Crippen LogP contribution >= 0.6 is 11.3 Å². The Hall–Kier alpha value is -2.66. The highest BCUT2D eigenvalue weighted by molar-refractivity contribution is 7.16. The zero-order valence-electron chi connectivity index (χ0n) is 16.0. The summed E-state index contributed by atoms with van der Waals surface area (Å²) in [5, 5.41) is 4.13. The summed E-state index contributed by atoms with van der Waals surface area (Å²) < 4.78 is 19.5. The Kier molecular flexibility index (Phi) is 4.84. The van der Waals surface area contributed by atoms with E-state index in [0.717, 1.165) is 23.4 Å². The second-order valence-corrected chi connectivity index (χ2v) is 8.81. The highest BCUT2D eigenvalue weighted by Crippen LogP contribution is 2.47. The molecule has 5 heteroatoms. The monoisotopic (exact) mass is 407 g/mol. The summed E-state index contributed by atoms with van der Waals surface area (Å²) in [4.78, 5) is 13.8. The minimum atomic E-state index is -0.257. The van der Waals surface area contributed by atoms with E-state index in [2.05, 4.69) is 5.32 Å². The van der Waals surface area contributed by atoms with Crippen LogP contribution in [0.4, 0.5) is 9.39 Å². The van der Waals surface area contributed by atoms with Gasteiger partial charge in [-0.2, -0.15) is 0 Å². The molecule has 2 aromatic carbocycles. The lowest BCUT2D eigenvalue weighted by molar-refractivity contribution is -0.116. The van der Waals surface area contributed by atoms with Gasteiger partial charge >= 0.3 is 0 Å². The second-order valence-electron chi connectivity index (χ2n) is 7.71. The Morgan fingerprint density at radius 1 is 1.07 bits per heavy atom. The molecule has 1 amide bonds. The Morgan fingerprint density at radius 3 is 2.69 bits per heavy atom. The van der Waals surface area contributed by atoms with Crippen LogP contribution in [-0.4, -0.2) is 5.91 Å². The molecular formula is C24H22FNO2S. The van der Waals surface area contributed by atoms with Crippen LogP contribution in [0.2, 0.25) is 0 Å². The molecule has 0 spiro atoms. The Labute approximate surface area is 173 Å². The molecule has 1 aliphatic carbocycles. The standard InChI is InChI=1S/C24H22FNO2S/c25-20-7-3-1-5-16(20)14-28-17-11-9-15(10-12-17)19-13-22(27)26-24-23(19)18-6-2-4-8-21(18)29-24/h1,3,5,7,9-12,19H,2,4,6,8,13-14H2,(H,26,27)/t19-/m1/s1. The maximum Gasteiger partial charge on any atom is 0.225 e. The average molecular weight is 408 g/mol. The van der Waals surface area contributed by atoms with Crippen molar-refractivity contribution in [2.24, 2.45) is 0 Å². The molecule has 148 valence electrons. The fourth-order valence-electron chi connectivity index (χ4n) is 4.37. The van der Waals surface area contributed by atoms with Crippen molar-refractivity contribution in [2.75, 3.05) is 5.32 Å². The topological polar surface area (TPSA) is 38.3 Å². The van der Waals surface area contributed by atoms with E-state index in [4.69, 9.17) is 4.74 Å². The van der Waals surface area contributed by atoms with Gasteiger partial charge < -0.3 is 10.1 Å². The molecule has 0 unspecified atom stereocenters. The highest BCUT2D eigenvalue weighted by Gasteiger charge is 2.33. The molecule has 2 heterocycles. The number of carbonyl (C=O) groups is 1. The summed E-state index contributed by atoms with van der Waals surface area (Å²) in [6.45, 7) is 0.194. The van der Waals surface area contributed by atoms with E-state index in [0.29, 0.717) is 17.7 Å². The predicted octanol–water partition coefficient (Wildman–Crippen LogP) is 5.82. The van der Waals surface area contributed by atoms with Crippen molar-refractivity contribution in [3.05, 3.63) is 81.5 Å². The number of fused-ring (bicyclic) bond motifs is 3. The second kappa shape index (κ2) is 7.64. The highest BCUT2D eigenvalue weighted by atomic mass is 32.1. The molecule has 3 nitrogen and oxygen atoms in total. The van der Waals surface area contributed by atoms with Crippen molar-refractivity contribution in [3.63, 3.8) is 0 Å². The molecule has 2 aliphatic rings. The van der Waals surface area contributed by atoms with Crippen molar-refractivity contribution >= 4 is 22.2 Å². The summed E-state index contributed by atoms with van der Waals surface area (Å²) in [7, 11) is 0. The maximum absolute atomic E-state index is 13.8. The van der Waals surface area contributed by atoms with Crippen LogP contribution in [0.25, 0.3) is 0 Å². The zero-order chi connectivity index (χ0) is 19.8. The van der Waals surface area contributed by atoms with Gasteiger partial charge in [0.15, 0.2) is 0 Å². The third-order valence-electron chi connectivity index (χ3n) is 5.84. The summed E-state index contributed by atoms with van der Waals surface area (Å²) in [6, 6.07) is 14.6. The van der Waals surface area contributed by atoms with Gasteiger partial charge in [-0.05, 0) is 60.6 Å². The SMILES string of the molecule is O=C1C[C@H](c2ccc(OCc3ccccc3F)cc2)c2c(sc3c2CCCC3)N1. The van der Waals surface area contributed by atoms with Crippen molar-refractivity contribution in [2.45, 2.75) is 44.6 Å². The van der Waals surface area contributed by atoms with E-state index < -0.39 is 0 Å². The van der Waals surface area contributed by atoms with Gasteiger partial charge in [-0.1, -0.05) is 30.3 Å². The van der Waals surface area contributed by atoms with E-state index in [1.54, 1.807) is 29.5 Å². The van der Waals surface area contributed by atoms with Gasteiger partial charge in [0, 0.05) is 22.8 Å². The smallest absolute Gasteiger partial charge is 0.225 e. The Bertz CT molecular complexity index is 1060. The molecule has 1 aliphatic heterocycles. The number of benzene rings is 2. The van der Waals surface area contributed by atoms with Crippen LogP contribution in [0, 0.1) is 5.82 Å². The molecule has 0 saturated carbocycles. The Balaban J connectivity index is 1.39. The fourth-order valence-corrected chi connectivity index (χ4v) is 5.74. The Morgan fingerprint density at radius 2 is 1.86 bits per heavy atom. The first-order chi connectivity index (χ1) is 14.2. The first kappa shape index (κ1) is 18.4. The van der Waals surface area contributed by atoms with Gasteiger partial charge in [-0.25, -0.2) is 4.39 Å². The number of aryl methyl sites for hydroxylation is 1. The van der Waals surface area contributed by atoms with Crippen LogP contribution < -0.4 is 10.1 Å². The van der Waals surface area contributed by atoms with Crippen molar-refractivity contribution in [1.29, 1.82) is 0 Å². The number of ether oxygens (including phenoxy) is 1. The molecule has 0 saturated heterocycles. The van der Waals surface area contributed by atoms with Crippen LogP contribution in [0.1, 0.15) is 52.3 Å². The molecule has 0 bridgehead atoms. The van der Waals surface area contributed by atoms with Gasteiger partial charge in [0.2, 0.25) is 5.91 Å². The van der Waals surface area contributed by atoms with Crippen LogP contribution in [-0.2, 0) is 24.2 Å². The number of hydrogen-bond acceptors (Lipinski definition) is 3. The first-order valence-corrected chi connectivity index (χ1v) is 10.9. The van der Waals surface area contributed by atoms with Crippen LogP contribution in [0.3, 0.4) is 0 Å². The summed E-state index contributed by atoms with van der Waals surface area (Å²) in [5.74, 6) is 0.621. The molecule has 1 aromatic heterocycles. The molecule has 1 N–H and O–H groups in total. The lowest BCUT2D eigenvalue weighted by atomic mass is 9.82. The number of halogens is 1. The third-order valence-corrected chi connectivity index (χ3v) is 7.06. The number of rotatable bonds is 4. The van der Waals surface area contributed by atoms with Gasteiger partial charge in [-0.3, -0.25) is 4.79 Å². The fraction of sp³-hybridized carbons (Fsp3) is 0.292. The molecular weight excluding hydrogens is 385 g/mol. The number of amides is 1. The molecule has 29 heavy (non-hydrogen) atoms. The number of carbonyl (C=O) groups excluding carboxylic acids is 1. The normalized spacial score (nSPS) is 18.0. The maximum atomic E-state index is 13.8. The van der Waals surface area contributed by atoms with Gasteiger partial charge in [0.25, 0.3) is 0 Å². The molecule has 1 atom stereocenters. The van der Waals surface area contributed by atoms with E-state index in [-0.39, 0.29) is 24.2 Å². The van der Waals surface area contributed by atoms with Crippen molar-refractivity contribution < 1.29 is 13.9 Å². The van der Waals surface area contributed by atoms with Crippen molar-refractivity contribution in [1.82, 2.24) is 0 Å². The van der Waals surface area contributed by atoms with E-state index >= 15 is 0 Å². The summed E-state index contributed by atoms with van der Waals surface area (Å²) in [6.07, 6.45) is 5.17. The minimum absolute atomic E-state index is 0.0842. The van der Waals surface area contributed by atoms with Gasteiger partial charge in [0.1, 0.15) is 18.2 Å². The largest absolute Gasteiger partial charge is 0.489 e. The quantitative estimate of drug-likeness (QED) is 0.592. The number of anilines is 1. The summed E-state index contributed by atoms with van der Waals surface area (Å²) >= 11 is 1.76. The number of hydrogen-bond donors (Lipinski definition) is 1. The van der Waals surface area contributed by atoms with E-state index in [1.165, 1.54) is 34.9 Å². The summed E-state index contributed by atoms with van der Waals surface area (Å²) in [5.41, 5.74) is 4.45. The van der Waals surface area contributed by atoms with Gasteiger partial charge in [-0.15, -0.1) is 11.3 Å².